The Balaban J connectivity index is 1.96. The topological polar surface area (TPSA) is 97.5 Å². The standard InChI is InChI=1S/C12H20N4O3S/c1-16(7-8-19-9-10-4-5-10)20(17,18)12-11(15-13)3-2-6-14-12/h2-3,6,10,15H,4-5,7-9,13H2,1H3. The van der Waals surface area contributed by atoms with Gasteiger partial charge >= 0.3 is 0 Å². The number of rotatable bonds is 8. The number of nitrogen functional groups attached to an aromatic ring is 1. The van der Waals surface area contributed by atoms with Crippen LogP contribution in [0.5, 0.6) is 0 Å². The van der Waals surface area contributed by atoms with Gasteiger partial charge in [0.15, 0.2) is 5.03 Å². The molecule has 0 amide bonds. The molecule has 0 bridgehead atoms. The van der Waals surface area contributed by atoms with Gasteiger partial charge in [0.1, 0.15) is 0 Å². The van der Waals surface area contributed by atoms with E-state index in [0.29, 0.717) is 19.1 Å². The van der Waals surface area contributed by atoms with E-state index < -0.39 is 10.0 Å². The Kier molecular flexibility index (Phi) is 4.92. The first kappa shape index (κ1) is 15.2. The second-order valence-corrected chi connectivity index (χ2v) is 6.81. The van der Waals surface area contributed by atoms with Crippen LogP contribution in [0, 0.1) is 5.92 Å². The lowest BCUT2D eigenvalue weighted by atomic mass is 10.4. The molecule has 0 radical (unpaired) electrons. The first-order valence-corrected chi connectivity index (χ1v) is 7.95. The molecule has 1 aromatic heterocycles. The Morgan fingerprint density at radius 1 is 1.55 bits per heavy atom. The number of anilines is 1. The molecule has 1 heterocycles. The largest absolute Gasteiger partial charge is 0.380 e. The van der Waals surface area contributed by atoms with Crippen LogP contribution in [0.2, 0.25) is 0 Å². The molecule has 112 valence electrons. The van der Waals surface area contributed by atoms with Crippen molar-refractivity contribution in [3.63, 3.8) is 0 Å². The maximum Gasteiger partial charge on any atom is 0.262 e. The lowest BCUT2D eigenvalue weighted by molar-refractivity contribution is 0.117. The molecule has 0 atom stereocenters. The summed E-state index contributed by atoms with van der Waals surface area (Å²) in [5, 5.41) is -0.0767. The SMILES string of the molecule is CN(CCOCC1CC1)S(=O)(=O)c1ncccc1NN. The smallest absolute Gasteiger partial charge is 0.262 e. The number of nitrogens with two attached hydrogens (primary N) is 1. The summed E-state index contributed by atoms with van der Waals surface area (Å²) in [5.41, 5.74) is 2.62. The summed E-state index contributed by atoms with van der Waals surface area (Å²) in [6, 6.07) is 3.18. The van der Waals surface area contributed by atoms with Crippen LogP contribution in [0.3, 0.4) is 0 Å². The second-order valence-electron chi connectivity index (χ2n) is 4.85. The van der Waals surface area contributed by atoms with Crippen molar-refractivity contribution in [3.05, 3.63) is 18.3 Å². The van der Waals surface area contributed by atoms with E-state index in [1.807, 2.05) is 0 Å². The summed E-state index contributed by atoms with van der Waals surface area (Å²) in [5.74, 6) is 5.98. The van der Waals surface area contributed by atoms with Gasteiger partial charge in [-0.3, -0.25) is 5.84 Å². The highest BCUT2D eigenvalue weighted by atomic mass is 32.2. The Labute approximate surface area is 119 Å². The van der Waals surface area contributed by atoms with Crippen LogP contribution in [0.15, 0.2) is 23.4 Å². The monoisotopic (exact) mass is 300 g/mol. The predicted molar refractivity (Wildman–Crippen MR) is 75.4 cm³/mol. The summed E-state index contributed by atoms with van der Waals surface area (Å²) in [6.07, 6.45) is 3.85. The van der Waals surface area contributed by atoms with Gasteiger partial charge in [0.05, 0.1) is 12.3 Å². The van der Waals surface area contributed by atoms with Gasteiger partial charge < -0.3 is 10.2 Å². The number of likely N-dealkylation sites (N-methyl/N-ethyl adjacent to an activating group) is 1. The minimum absolute atomic E-state index is 0.0767. The van der Waals surface area contributed by atoms with Crippen LogP contribution in [0.25, 0.3) is 0 Å². The highest BCUT2D eigenvalue weighted by Gasteiger charge is 2.25. The molecule has 3 N–H and O–H groups in total. The number of aromatic nitrogens is 1. The van der Waals surface area contributed by atoms with Crippen LogP contribution in [0.4, 0.5) is 5.69 Å². The minimum atomic E-state index is -3.67. The number of hydrogen-bond acceptors (Lipinski definition) is 6. The Morgan fingerprint density at radius 2 is 2.30 bits per heavy atom. The van der Waals surface area contributed by atoms with Crippen molar-refractivity contribution in [2.24, 2.45) is 11.8 Å². The number of nitrogens with one attached hydrogen (secondary N) is 1. The summed E-state index contributed by atoms with van der Waals surface area (Å²) in [6.45, 7) is 1.38. The van der Waals surface area contributed by atoms with E-state index >= 15 is 0 Å². The molecule has 7 nitrogen and oxygen atoms in total. The van der Waals surface area contributed by atoms with Gasteiger partial charge in [0.25, 0.3) is 10.0 Å². The first-order valence-electron chi connectivity index (χ1n) is 6.51. The third-order valence-electron chi connectivity index (χ3n) is 3.18. The van der Waals surface area contributed by atoms with E-state index in [-0.39, 0.29) is 17.3 Å². The second kappa shape index (κ2) is 6.49. The van der Waals surface area contributed by atoms with Crippen molar-refractivity contribution >= 4 is 15.7 Å². The van der Waals surface area contributed by atoms with E-state index in [1.54, 1.807) is 12.1 Å². The highest BCUT2D eigenvalue weighted by Crippen LogP contribution is 2.28. The molecule has 1 aliphatic rings. The number of hydrazine groups is 1. The molecule has 1 fully saturated rings. The van der Waals surface area contributed by atoms with Crippen LogP contribution >= 0.6 is 0 Å². The molecule has 0 spiro atoms. The summed E-state index contributed by atoms with van der Waals surface area (Å²) < 4.78 is 31.4. The van der Waals surface area contributed by atoms with Gasteiger partial charge in [0, 0.05) is 26.4 Å². The molecular formula is C12H20N4O3S. The predicted octanol–water partition coefficient (Wildman–Crippen LogP) is 0.414. The molecule has 2 rings (SSSR count). The lowest BCUT2D eigenvalue weighted by Gasteiger charge is -2.18. The van der Waals surface area contributed by atoms with E-state index in [1.165, 1.54) is 30.4 Å². The van der Waals surface area contributed by atoms with Crippen LogP contribution < -0.4 is 11.3 Å². The Morgan fingerprint density at radius 3 is 2.95 bits per heavy atom. The fraction of sp³-hybridized carbons (Fsp3) is 0.583. The van der Waals surface area contributed by atoms with E-state index in [2.05, 4.69) is 10.4 Å². The van der Waals surface area contributed by atoms with Crippen molar-refractivity contribution in [2.75, 3.05) is 32.2 Å². The number of hydrogen-bond donors (Lipinski definition) is 2. The maximum atomic E-state index is 12.4. The quantitative estimate of drug-likeness (QED) is 0.410. The molecule has 1 saturated carbocycles. The normalized spacial score (nSPS) is 15.6. The molecule has 20 heavy (non-hydrogen) atoms. The van der Waals surface area contributed by atoms with Crippen molar-refractivity contribution < 1.29 is 13.2 Å². The van der Waals surface area contributed by atoms with Gasteiger partial charge in [0.2, 0.25) is 0 Å². The van der Waals surface area contributed by atoms with Gasteiger partial charge in [-0.2, -0.15) is 4.31 Å². The van der Waals surface area contributed by atoms with E-state index in [9.17, 15) is 8.42 Å². The average Bonchev–Trinajstić information content (AvgIpc) is 3.27. The molecule has 1 aromatic rings. The van der Waals surface area contributed by atoms with Crippen molar-refractivity contribution in [1.29, 1.82) is 0 Å². The fourth-order valence-corrected chi connectivity index (χ4v) is 2.91. The van der Waals surface area contributed by atoms with Crippen LogP contribution in [-0.4, -0.2) is 44.5 Å². The van der Waals surface area contributed by atoms with Gasteiger partial charge in [-0.15, -0.1) is 0 Å². The van der Waals surface area contributed by atoms with Gasteiger partial charge in [-0.1, -0.05) is 0 Å². The molecule has 1 aliphatic carbocycles. The average molecular weight is 300 g/mol. The molecule has 8 heteroatoms. The number of pyridine rings is 1. The van der Waals surface area contributed by atoms with E-state index in [4.69, 9.17) is 10.6 Å². The zero-order chi connectivity index (χ0) is 14.6. The summed E-state index contributed by atoms with van der Waals surface area (Å²) >= 11 is 0. The van der Waals surface area contributed by atoms with Gasteiger partial charge in [-0.25, -0.2) is 13.4 Å². The number of ether oxygens (including phenoxy) is 1. The highest BCUT2D eigenvalue weighted by molar-refractivity contribution is 7.89. The molecule has 0 aromatic carbocycles. The molecule has 0 unspecified atom stereocenters. The lowest BCUT2D eigenvalue weighted by Crippen LogP contribution is -2.32. The molecular weight excluding hydrogens is 280 g/mol. The van der Waals surface area contributed by atoms with Crippen LogP contribution in [-0.2, 0) is 14.8 Å². The summed E-state index contributed by atoms with van der Waals surface area (Å²) in [4.78, 5) is 3.90. The number of sulfonamides is 1. The maximum absolute atomic E-state index is 12.4. The Bertz CT molecular complexity index is 545. The van der Waals surface area contributed by atoms with Crippen LogP contribution in [0.1, 0.15) is 12.8 Å². The molecule has 0 aliphatic heterocycles. The van der Waals surface area contributed by atoms with Crippen molar-refractivity contribution in [2.45, 2.75) is 17.9 Å². The Hall–Kier alpha value is -1.22. The zero-order valence-electron chi connectivity index (χ0n) is 11.4. The first-order chi connectivity index (χ1) is 9.55. The van der Waals surface area contributed by atoms with Gasteiger partial charge in [-0.05, 0) is 30.9 Å². The zero-order valence-corrected chi connectivity index (χ0v) is 12.3. The molecule has 0 saturated heterocycles. The third-order valence-corrected chi connectivity index (χ3v) is 5.00. The number of nitrogens with zero attached hydrogens (tertiary/aromatic N) is 2. The third kappa shape index (κ3) is 3.66. The minimum Gasteiger partial charge on any atom is -0.380 e. The summed E-state index contributed by atoms with van der Waals surface area (Å²) in [7, 11) is -2.16. The van der Waals surface area contributed by atoms with Crippen molar-refractivity contribution in [1.82, 2.24) is 9.29 Å². The van der Waals surface area contributed by atoms with Crippen molar-refractivity contribution in [3.8, 4) is 0 Å². The van der Waals surface area contributed by atoms with E-state index in [0.717, 1.165) is 0 Å². The fourth-order valence-electron chi connectivity index (χ4n) is 1.70.